The molecule has 1 aromatic rings. The SMILES string of the molecule is CCCCCCc1cc(C(C)=NO)c(O)cc1OCCCC. The van der Waals surface area contributed by atoms with E-state index in [1.807, 2.05) is 6.07 Å². The Kier molecular flexibility index (Phi) is 8.41. The highest BCUT2D eigenvalue weighted by atomic mass is 16.5. The van der Waals surface area contributed by atoms with Gasteiger partial charge in [-0.25, -0.2) is 0 Å². The molecule has 4 heteroatoms. The van der Waals surface area contributed by atoms with Crippen LogP contribution in [0.25, 0.3) is 0 Å². The summed E-state index contributed by atoms with van der Waals surface area (Å²) in [5.41, 5.74) is 2.05. The molecule has 0 heterocycles. The molecular formula is C18H29NO3. The minimum atomic E-state index is 0.0964. The lowest BCUT2D eigenvalue weighted by atomic mass is 10.00. The van der Waals surface area contributed by atoms with Crippen LogP contribution in [0.3, 0.4) is 0 Å². The number of phenols is 1. The molecule has 124 valence electrons. The molecule has 4 nitrogen and oxygen atoms in total. The average Bonchev–Trinajstić information content (AvgIpc) is 2.52. The van der Waals surface area contributed by atoms with E-state index < -0.39 is 0 Å². The molecular weight excluding hydrogens is 278 g/mol. The molecule has 0 saturated heterocycles. The first-order chi connectivity index (χ1) is 10.6. The van der Waals surface area contributed by atoms with Crippen LogP contribution in [0.1, 0.15) is 70.4 Å². The lowest BCUT2D eigenvalue weighted by Gasteiger charge is -2.14. The fourth-order valence-electron chi connectivity index (χ4n) is 2.36. The number of aryl methyl sites for hydroxylation is 1. The van der Waals surface area contributed by atoms with Gasteiger partial charge in [-0.05, 0) is 37.8 Å². The maximum absolute atomic E-state index is 10.1. The lowest BCUT2D eigenvalue weighted by molar-refractivity contribution is 0.304. The molecule has 0 radical (unpaired) electrons. The second-order valence-corrected chi connectivity index (χ2v) is 5.68. The number of benzene rings is 1. The molecule has 0 aliphatic rings. The maximum Gasteiger partial charge on any atom is 0.128 e. The minimum absolute atomic E-state index is 0.0964. The molecule has 0 saturated carbocycles. The number of oxime groups is 1. The van der Waals surface area contributed by atoms with Crippen molar-refractivity contribution in [2.24, 2.45) is 5.16 Å². The van der Waals surface area contributed by atoms with E-state index in [1.165, 1.54) is 19.3 Å². The van der Waals surface area contributed by atoms with Crippen molar-refractivity contribution in [3.8, 4) is 11.5 Å². The summed E-state index contributed by atoms with van der Waals surface area (Å²) in [4.78, 5) is 0. The largest absolute Gasteiger partial charge is 0.507 e. The number of rotatable bonds is 10. The van der Waals surface area contributed by atoms with Crippen molar-refractivity contribution in [2.75, 3.05) is 6.61 Å². The quantitative estimate of drug-likeness (QED) is 0.280. The van der Waals surface area contributed by atoms with E-state index in [4.69, 9.17) is 9.94 Å². The average molecular weight is 307 g/mol. The molecule has 22 heavy (non-hydrogen) atoms. The smallest absolute Gasteiger partial charge is 0.128 e. The number of hydrogen-bond donors (Lipinski definition) is 2. The van der Waals surface area contributed by atoms with E-state index in [0.29, 0.717) is 17.9 Å². The van der Waals surface area contributed by atoms with Gasteiger partial charge in [-0.2, -0.15) is 0 Å². The minimum Gasteiger partial charge on any atom is -0.507 e. The van der Waals surface area contributed by atoms with Crippen molar-refractivity contribution >= 4 is 5.71 Å². The summed E-state index contributed by atoms with van der Waals surface area (Å²) in [6.07, 6.45) is 7.70. The Morgan fingerprint density at radius 3 is 2.45 bits per heavy atom. The third-order valence-corrected chi connectivity index (χ3v) is 3.77. The number of unbranched alkanes of at least 4 members (excludes halogenated alkanes) is 4. The number of phenolic OH excluding ortho intramolecular Hbond substituents is 1. The van der Waals surface area contributed by atoms with Gasteiger partial charge in [0.1, 0.15) is 11.5 Å². The van der Waals surface area contributed by atoms with Crippen molar-refractivity contribution in [2.45, 2.75) is 65.7 Å². The van der Waals surface area contributed by atoms with E-state index in [2.05, 4.69) is 19.0 Å². The van der Waals surface area contributed by atoms with Crippen LogP contribution in [0.15, 0.2) is 17.3 Å². The molecule has 0 unspecified atom stereocenters. The summed E-state index contributed by atoms with van der Waals surface area (Å²) in [7, 11) is 0. The maximum atomic E-state index is 10.1. The fraction of sp³-hybridized carbons (Fsp3) is 0.611. The van der Waals surface area contributed by atoms with Crippen molar-refractivity contribution in [3.05, 3.63) is 23.3 Å². The first-order valence-electron chi connectivity index (χ1n) is 8.31. The van der Waals surface area contributed by atoms with Crippen LogP contribution < -0.4 is 4.74 Å². The number of hydrogen-bond acceptors (Lipinski definition) is 4. The number of aromatic hydroxyl groups is 1. The van der Waals surface area contributed by atoms with E-state index >= 15 is 0 Å². The van der Waals surface area contributed by atoms with Crippen LogP contribution in [0, 0.1) is 0 Å². The fourth-order valence-corrected chi connectivity index (χ4v) is 2.36. The first-order valence-corrected chi connectivity index (χ1v) is 8.31. The summed E-state index contributed by atoms with van der Waals surface area (Å²) in [6, 6.07) is 3.53. The van der Waals surface area contributed by atoms with Gasteiger partial charge in [-0.3, -0.25) is 0 Å². The van der Waals surface area contributed by atoms with Gasteiger partial charge in [-0.15, -0.1) is 0 Å². The summed E-state index contributed by atoms with van der Waals surface area (Å²) < 4.78 is 5.82. The molecule has 1 aromatic carbocycles. The van der Waals surface area contributed by atoms with Crippen LogP contribution in [-0.4, -0.2) is 22.6 Å². The van der Waals surface area contributed by atoms with E-state index in [-0.39, 0.29) is 5.75 Å². The zero-order chi connectivity index (χ0) is 16.4. The highest BCUT2D eigenvalue weighted by Gasteiger charge is 2.13. The van der Waals surface area contributed by atoms with E-state index in [1.54, 1.807) is 13.0 Å². The Bertz CT molecular complexity index is 483. The molecule has 2 N–H and O–H groups in total. The highest BCUT2D eigenvalue weighted by molar-refractivity contribution is 6.01. The normalized spacial score (nSPS) is 11.7. The highest BCUT2D eigenvalue weighted by Crippen LogP contribution is 2.30. The summed E-state index contributed by atoms with van der Waals surface area (Å²) in [5.74, 6) is 0.844. The zero-order valence-corrected chi connectivity index (χ0v) is 14.1. The molecule has 0 spiro atoms. The molecule has 0 amide bonds. The third-order valence-electron chi connectivity index (χ3n) is 3.77. The van der Waals surface area contributed by atoms with Crippen molar-refractivity contribution in [3.63, 3.8) is 0 Å². The zero-order valence-electron chi connectivity index (χ0n) is 14.1. The van der Waals surface area contributed by atoms with Gasteiger partial charge in [0.2, 0.25) is 0 Å². The van der Waals surface area contributed by atoms with Gasteiger partial charge >= 0.3 is 0 Å². The van der Waals surface area contributed by atoms with Crippen LogP contribution in [-0.2, 0) is 6.42 Å². The van der Waals surface area contributed by atoms with Crippen LogP contribution in [0.4, 0.5) is 0 Å². The first kappa shape index (κ1) is 18.3. The second-order valence-electron chi connectivity index (χ2n) is 5.68. The predicted octanol–water partition coefficient (Wildman–Crippen LogP) is 4.89. The summed E-state index contributed by atoms with van der Waals surface area (Å²) in [5, 5.41) is 22.2. The van der Waals surface area contributed by atoms with Gasteiger partial charge in [0.25, 0.3) is 0 Å². The molecule has 0 aliphatic carbocycles. The predicted molar refractivity (Wildman–Crippen MR) is 90.4 cm³/mol. The molecule has 0 bridgehead atoms. The molecule has 0 aromatic heterocycles. The third kappa shape index (κ3) is 5.58. The van der Waals surface area contributed by atoms with Gasteiger partial charge in [0.05, 0.1) is 12.3 Å². The van der Waals surface area contributed by atoms with Gasteiger partial charge in [-0.1, -0.05) is 44.7 Å². The number of nitrogens with zero attached hydrogens (tertiary/aromatic N) is 1. The van der Waals surface area contributed by atoms with E-state index in [9.17, 15) is 5.11 Å². The standard InChI is InChI=1S/C18H29NO3/c1-4-6-8-9-10-15-12-16(14(3)19-21)17(20)13-18(15)22-11-7-5-2/h12-13,20-21H,4-11H2,1-3H3. The topological polar surface area (TPSA) is 62.1 Å². The van der Waals surface area contributed by atoms with Crippen LogP contribution >= 0.6 is 0 Å². The summed E-state index contributed by atoms with van der Waals surface area (Å²) >= 11 is 0. The van der Waals surface area contributed by atoms with Crippen molar-refractivity contribution in [1.82, 2.24) is 0 Å². The Morgan fingerprint density at radius 2 is 1.82 bits per heavy atom. The van der Waals surface area contributed by atoms with E-state index in [0.717, 1.165) is 37.0 Å². The Hall–Kier alpha value is -1.71. The lowest BCUT2D eigenvalue weighted by Crippen LogP contribution is -2.03. The summed E-state index contributed by atoms with van der Waals surface area (Å²) in [6.45, 7) is 6.65. The van der Waals surface area contributed by atoms with Crippen LogP contribution in [0.2, 0.25) is 0 Å². The Labute approximate surface area is 133 Å². The number of ether oxygens (including phenoxy) is 1. The van der Waals surface area contributed by atoms with Crippen molar-refractivity contribution < 1.29 is 15.1 Å². The molecule has 0 aliphatic heterocycles. The Balaban J connectivity index is 2.93. The Morgan fingerprint density at radius 1 is 1.09 bits per heavy atom. The monoisotopic (exact) mass is 307 g/mol. The van der Waals surface area contributed by atoms with Gasteiger partial charge < -0.3 is 15.1 Å². The molecule has 1 rings (SSSR count). The second kappa shape index (κ2) is 10.1. The van der Waals surface area contributed by atoms with Crippen molar-refractivity contribution in [1.29, 1.82) is 0 Å². The van der Waals surface area contributed by atoms with Gasteiger partial charge in [0, 0.05) is 11.6 Å². The molecule has 0 atom stereocenters. The molecule has 0 fully saturated rings. The van der Waals surface area contributed by atoms with Gasteiger partial charge in [0.15, 0.2) is 0 Å². The van der Waals surface area contributed by atoms with Crippen LogP contribution in [0.5, 0.6) is 11.5 Å².